The first-order valence-corrected chi connectivity index (χ1v) is 5.09. The van der Waals surface area contributed by atoms with Crippen LogP contribution >= 0.6 is 0 Å². The quantitative estimate of drug-likeness (QED) is 0.602. The fraction of sp³-hybridized carbons (Fsp3) is 0.818. The van der Waals surface area contributed by atoms with E-state index in [4.69, 9.17) is 0 Å². The molecule has 0 aliphatic heterocycles. The second-order valence-corrected chi connectivity index (χ2v) is 3.34. The van der Waals surface area contributed by atoms with Crippen molar-refractivity contribution in [1.82, 2.24) is 5.32 Å². The molecular formula is C11H23N. The van der Waals surface area contributed by atoms with Gasteiger partial charge in [0.1, 0.15) is 0 Å². The maximum atomic E-state index is 3.25. The highest BCUT2D eigenvalue weighted by atomic mass is 14.8. The normalized spacial score (nSPS) is 12.7. The Balaban J connectivity index is 3.57. The fourth-order valence-corrected chi connectivity index (χ4v) is 1.22. The molecule has 0 saturated heterocycles. The molecular weight excluding hydrogens is 146 g/mol. The summed E-state index contributed by atoms with van der Waals surface area (Å²) in [6.45, 7) is 6.69. The van der Waals surface area contributed by atoms with Gasteiger partial charge in [-0.15, -0.1) is 0 Å². The lowest BCUT2D eigenvalue weighted by Crippen LogP contribution is -2.20. The van der Waals surface area contributed by atoms with E-state index in [1.54, 1.807) is 5.57 Å². The second kappa shape index (κ2) is 7.35. The van der Waals surface area contributed by atoms with Crippen LogP contribution in [0.25, 0.3) is 0 Å². The Morgan fingerprint density at radius 3 is 2.33 bits per heavy atom. The zero-order valence-corrected chi connectivity index (χ0v) is 8.98. The van der Waals surface area contributed by atoms with E-state index >= 15 is 0 Å². The third kappa shape index (κ3) is 5.36. The third-order valence-corrected chi connectivity index (χ3v) is 2.43. The summed E-state index contributed by atoms with van der Waals surface area (Å²) in [7, 11) is 2.02. The van der Waals surface area contributed by atoms with Gasteiger partial charge in [0.05, 0.1) is 0 Å². The monoisotopic (exact) mass is 169 g/mol. The van der Waals surface area contributed by atoms with Gasteiger partial charge in [0, 0.05) is 6.04 Å². The lowest BCUT2D eigenvalue weighted by atomic mass is 10.1. The highest BCUT2D eigenvalue weighted by Gasteiger charge is 1.95. The topological polar surface area (TPSA) is 12.0 Å². The first-order valence-electron chi connectivity index (χ1n) is 5.09. The fourth-order valence-electron chi connectivity index (χ4n) is 1.22. The molecule has 1 atom stereocenters. The molecule has 1 N–H and O–H groups in total. The molecule has 1 nitrogen and oxygen atoms in total. The van der Waals surface area contributed by atoms with Gasteiger partial charge in [0.2, 0.25) is 0 Å². The molecule has 0 aromatic rings. The number of hydrogen-bond donors (Lipinski definition) is 1. The molecule has 0 aromatic heterocycles. The van der Waals surface area contributed by atoms with Gasteiger partial charge in [-0.05, 0) is 39.7 Å². The van der Waals surface area contributed by atoms with E-state index in [0.29, 0.717) is 6.04 Å². The van der Waals surface area contributed by atoms with Crippen LogP contribution in [-0.4, -0.2) is 13.1 Å². The summed E-state index contributed by atoms with van der Waals surface area (Å²) in [5, 5.41) is 3.25. The molecule has 0 aliphatic carbocycles. The van der Waals surface area contributed by atoms with Crippen LogP contribution in [-0.2, 0) is 0 Å². The average molecular weight is 169 g/mol. The number of nitrogens with one attached hydrogen (secondary N) is 1. The van der Waals surface area contributed by atoms with Crippen LogP contribution in [0.15, 0.2) is 11.6 Å². The summed E-state index contributed by atoms with van der Waals surface area (Å²) in [4.78, 5) is 0. The van der Waals surface area contributed by atoms with E-state index in [2.05, 4.69) is 32.2 Å². The molecule has 0 fully saturated rings. The maximum Gasteiger partial charge on any atom is 0.00386 e. The van der Waals surface area contributed by atoms with Crippen LogP contribution in [0.3, 0.4) is 0 Å². The van der Waals surface area contributed by atoms with Crippen molar-refractivity contribution in [1.29, 1.82) is 0 Å². The minimum absolute atomic E-state index is 0.649. The number of allylic oxidation sites excluding steroid dienone is 2. The van der Waals surface area contributed by atoms with Crippen LogP contribution < -0.4 is 5.32 Å². The van der Waals surface area contributed by atoms with Gasteiger partial charge in [-0.2, -0.15) is 0 Å². The highest BCUT2D eigenvalue weighted by molar-refractivity contribution is 5.00. The molecule has 0 aliphatic rings. The Morgan fingerprint density at radius 1 is 1.33 bits per heavy atom. The molecule has 72 valence electrons. The minimum Gasteiger partial charge on any atom is -0.317 e. The first-order chi connectivity index (χ1) is 5.74. The molecule has 1 heteroatoms. The van der Waals surface area contributed by atoms with Crippen LogP contribution in [0.1, 0.15) is 46.5 Å². The standard InChI is InChI=1S/C11H23N/c1-5-11(6-2)9-7-8-10(3)12-4/h9-10,12H,5-8H2,1-4H3/t10-/m1/s1. The van der Waals surface area contributed by atoms with E-state index in [9.17, 15) is 0 Å². The molecule has 0 heterocycles. The molecule has 0 unspecified atom stereocenters. The highest BCUT2D eigenvalue weighted by Crippen LogP contribution is 2.08. The van der Waals surface area contributed by atoms with Crippen molar-refractivity contribution in [2.45, 2.75) is 52.5 Å². The van der Waals surface area contributed by atoms with Gasteiger partial charge < -0.3 is 5.32 Å². The largest absolute Gasteiger partial charge is 0.317 e. The van der Waals surface area contributed by atoms with E-state index < -0.39 is 0 Å². The van der Waals surface area contributed by atoms with Crippen molar-refractivity contribution < 1.29 is 0 Å². The van der Waals surface area contributed by atoms with E-state index in [1.165, 1.54) is 25.7 Å². The second-order valence-electron chi connectivity index (χ2n) is 3.34. The molecule has 12 heavy (non-hydrogen) atoms. The number of rotatable bonds is 6. The molecule has 0 spiro atoms. The Hall–Kier alpha value is -0.300. The Bertz CT molecular complexity index is 121. The third-order valence-electron chi connectivity index (χ3n) is 2.43. The minimum atomic E-state index is 0.649. The Kier molecular flexibility index (Phi) is 7.17. The van der Waals surface area contributed by atoms with Crippen molar-refractivity contribution in [3.63, 3.8) is 0 Å². The van der Waals surface area contributed by atoms with E-state index in [-0.39, 0.29) is 0 Å². The zero-order valence-electron chi connectivity index (χ0n) is 8.98. The van der Waals surface area contributed by atoms with Crippen LogP contribution in [0, 0.1) is 0 Å². The van der Waals surface area contributed by atoms with Gasteiger partial charge >= 0.3 is 0 Å². The first kappa shape index (κ1) is 11.7. The summed E-state index contributed by atoms with van der Waals surface area (Å²) < 4.78 is 0. The van der Waals surface area contributed by atoms with Crippen molar-refractivity contribution in [3.8, 4) is 0 Å². The van der Waals surface area contributed by atoms with E-state index in [1.807, 2.05) is 7.05 Å². The maximum absolute atomic E-state index is 3.25. The van der Waals surface area contributed by atoms with Crippen molar-refractivity contribution in [2.75, 3.05) is 7.05 Å². The molecule has 0 bridgehead atoms. The van der Waals surface area contributed by atoms with Gasteiger partial charge in [0.15, 0.2) is 0 Å². The van der Waals surface area contributed by atoms with Gasteiger partial charge in [-0.25, -0.2) is 0 Å². The molecule has 0 rings (SSSR count). The van der Waals surface area contributed by atoms with Gasteiger partial charge in [-0.3, -0.25) is 0 Å². The van der Waals surface area contributed by atoms with Crippen LogP contribution in [0.2, 0.25) is 0 Å². The summed E-state index contributed by atoms with van der Waals surface area (Å²) in [5.74, 6) is 0. The van der Waals surface area contributed by atoms with Crippen LogP contribution in [0.4, 0.5) is 0 Å². The average Bonchev–Trinajstić information content (AvgIpc) is 2.12. The van der Waals surface area contributed by atoms with Crippen molar-refractivity contribution in [2.24, 2.45) is 0 Å². The SMILES string of the molecule is CCC(=CCC[C@@H](C)NC)CC. The lowest BCUT2D eigenvalue weighted by molar-refractivity contribution is 0.569. The van der Waals surface area contributed by atoms with Crippen LogP contribution in [0.5, 0.6) is 0 Å². The Labute approximate surface area is 77.2 Å². The predicted molar refractivity (Wildman–Crippen MR) is 56.4 cm³/mol. The smallest absolute Gasteiger partial charge is 0.00386 e. The van der Waals surface area contributed by atoms with E-state index in [0.717, 1.165) is 0 Å². The van der Waals surface area contributed by atoms with Gasteiger partial charge in [0.25, 0.3) is 0 Å². The summed E-state index contributed by atoms with van der Waals surface area (Å²) >= 11 is 0. The van der Waals surface area contributed by atoms with Crippen molar-refractivity contribution >= 4 is 0 Å². The number of hydrogen-bond acceptors (Lipinski definition) is 1. The molecule has 0 aromatic carbocycles. The molecule has 0 saturated carbocycles. The lowest BCUT2D eigenvalue weighted by Gasteiger charge is -2.07. The summed E-state index contributed by atoms with van der Waals surface area (Å²) in [6, 6.07) is 0.649. The van der Waals surface area contributed by atoms with Crippen molar-refractivity contribution in [3.05, 3.63) is 11.6 Å². The van der Waals surface area contributed by atoms with Gasteiger partial charge in [-0.1, -0.05) is 25.5 Å². The zero-order chi connectivity index (χ0) is 9.40. The summed E-state index contributed by atoms with van der Waals surface area (Å²) in [6.07, 6.45) is 7.29. The molecule has 0 amide bonds. The Morgan fingerprint density at radius 2 is 1.92 bits per heavy atom. The molecule has 0 radical (unpaired) electrons. The summed E-state index contributed by atoms with van der Waals surface area (Å²) in [5.41, 5.74) is 1.60. The predicted octanol–water partition coefficient (Wildman–Crippen LogP) is 3.12.